The van der Waals surface area contributed by atoms with Crippen LogP contribution in [0.15, 0.2) is 18.3 Å². The second kappa shape index (κ2) is 6.44. The van der Waals surface area contributed by atoms with Crippen molar-refractivity contribution in [3.05, 3.63) is 29.6 Å². The highest BCUT2D eigenvalue weighted by Crippen LogP contribution is 2.10. The molecule has 1 rings (SSSR count). The van der Waals surface area contributed by atoms with E-state index in [2.05, 4.69) is 10.3 Å². The van der Waals surface area contributed by atoms with Gasteiger partial charge in [0, 0.05) is 18.3 Å². The molecule has 6 heteroatoms. The Hall–Kier alpha value is -1.50. The van der Waals surface area contributed by atoms with Crippen molar-refractivity contribution >= 4 is 5.91 Å². The number of nitrogens with two attached hydrogens (primary N) is 1. The van der Waals surface area contributed by atoms with E-state index in [1.807, 2.05) is 0 Å². The van der Waals surface area contributed by atoms with Crippen molar-refractivity contribution in [3.8, 4) is 0 Å². The topological polar surface area (TPSA) is 108 Å². The van der Waals surface area contributed by atoms with Crippen LogP contribution >= 0.6 is 0 Å². The van der Waals surface area contributed by atoms with Crippen molar-refractivity contribution in [2.24, 2.45) is 5.73 Å². The van der Waals surface area contributed by atoms with E-state index in [4.69, 9.17) is 5.73 Å². The van der Waals surface area contributed by atoms with E-state index in [0.29, 0.717) is 17.7 Å². The monoisotopic (exact) mass is 253 g/mol. The van der Waals surface area contributed by atoms with E-state index >= 15 is 0 Å². The van der Waals surface area contributed by atoms with Crippen LogP contribution in [-0.4, -0.2) is 39.9 Å². The molecule has 1 aromatic rings. The number of pyridine rings is 1. The molecule has 0 unspecified atom stereocenters. The van der Waals surface area contributed by atoms with Crippen LogP contribution < -0.4 is 11.1 Å². The number of aliphatic hydroxyl groups excluding tert-OH is 2. The van der Waals surface area contributed by atoms with Crippen LogP contribution in [-0.2, 0) is 6.54 Å². The number of hydrogen-bond acceptors (Lipinski definition) is 5. The molecule has 0 radical (unpaired) electrons. The largest absolute Gasteiger partial charge is 0.394 e. The molecular formula is C12H19N3O3. The third kappa shape index (κ3) is 3.25. The van der Waals surface area contributed by atoms with Gasteiger partial charge in [0.05, 0.1) is 24.4 Å². The van der Waals surface area contributed by atoms with E-state index in [0.717, 1.165) is 0 Å². The number of carbonyl (C=O) groups is 1. The lowest BCUT2D eigenvalue weighted by molar-refractivity contribution is 0.0653. The van der Waals surface area contributed by atoms with Gasteiger partial charge in [0.2, 0.25) is 0 Å². The first-order chi connectivity index (χ1) is 8.60. The summed E-state index contributed by atoms with van der Waals surface area (Å²) < 4.78 is 0. The van der Waals surface area contributed by atoms with Crippen LogP contribution in [0.1, 0.15) is 29.4 Å². The molecule has 5 N–H and O–H groups in total. The summed E-state index contributed by atoms with van der Waals surface area (Å²) in [6.07, 6.45) is 1.93. The Kier molecular flexibility index (Phi) is 5.21. The highest BCUT2D eigenvalue weighted by Gasteiger charge is 2.28. The number of nitrogens with zero attached hydrogens (tertiary/aromatic N) is 1. The molecule has 100 valence electrons. The first kappa shape index (κ1) is 14.6. The van der Waals surface area contributed by atoms with Crippen molar-refractivity contribution in [1.82, 2.24) is 10.3 Å². The van der Waals surface area contributed by atoms with Crippen molar-refractivity contribution in [2.45, 2.75) is 25.4 Å². The Bertz CT molecular complexity index is 397. The second-order valence-electron chi connectivity index (χ2n) is 4.14. The third-order valence-corrected chi connectivity index (χ3v) is 2.95. The number of carbonyl (C=O) groups excluding carboxylic acids is 1. The van der Waals surface area contributed by atoms with Gasteiger partial charge in [-0.3, -0.25) is 9.78 Å². The van der Waals surface area contributed by atoms with Crippen LogP contribution in [0.3, 0.4) is 0 Å². The minimum Gasteiger partial charge on any atom is -0.394 e. The van der Waals surface area contributed by atoms with Gasteiger partial charge in [0.25, 0.3) is 5.91 Å². The van der Waals surface area contributed by atoms with Crippen molar-refractivity contribution in [2.75, 3.05) is 13.2 Å². The summed E-state index contributed by atoms with van der Waals surface area (Å²) in [5, 5.41) is 21.2. The summed E-state index contributed by atoms with van der Waals surface area (Å²) in [5.74, 6) is -0.364. The molecule has 6 nitrogen and oxygen atoms in total. The van der Waals surface area contributed by atoms with E-state index in [1.165, 1.54) is 6.20 Å². The van der Waals surface area contributed by atoms with Crippen LogP contribution in [0.25, 0.3) is 0 Å². The van der Waals surface area contributed by atoms with Gasteiger partial charge in [-0.2, -0.15) is 0 Å². The zero-order valence-electron chi connectivity index (χ0n) is 10.4. The number of rotatable bonds is 6. The quantitative estimate of drug-likeness (QED) is 0.541. The zero-order chi connectivity index (χ0) is 13.6. The molecular weight excluding hydrogens is 234 g/mol. The number of hydrogen-bond donors (Lipinski definition) is 4. The summed E-state index contributed by atoms with van der Waals surface area (Å²) in [6, 6.07) is 3.15. The lowest BCUT2D eigenvalue weighted by Crippen LogP contribution is -2.53. The average molecular weight is 253 g/mol. The molecule has 0 fully saturated rings. The number of aliphatic hydroxyl groups is 2. The molecule has 0 spiro atoms. The summed E-state index contributed by atoms with van der Waals surface area (Å²) in [7, 11) is 0. The first-order valence-electron chi connectivity index (χ1n) is 5.80. The minimum absolute atomic E-state index is 0.250. The smallest absolute Gasteiger partial charge is 0.251 e. The molecule has 0 saturated heterocycles. The van der Waals surface area contributed by atoms with Crippen molar-refractivity contribution < 1.29 is 15.0 Å². The van der Waals surface area contributed by atoms with Crippen LogP contribution in [0, 0.1) is 0 Å². The maximum absolute atomic E-state index is 12.0. The van der Waals surface area contributed by atoms with Crippen molar-refractivity contribution in [3.63, 3.8) is 0 Å². The van der Waals surface area contributed by atoms with E-state index in [9.17, 15) is 15.0 Å². The lowest BCUT2D eigenvalue weighted by Gasteiger charge is -2.29. The fourth-order valence-electron chi connectivity index (χ4n) is 1.49. The predicted octanol–water partition coefficient (Wildman–Crippen LogP) is -0.596. The maximum atomic E-state index is 12.0. The second-order valence-corrected chi connectivity index (χ2v) is 4.14. The van der Waals surface area contributed by atoms with Crippen LogP contribution in [0.2, 0.25) is 0 Å². The molecule has 0 bridgehead atoms. The number of aromatic nitrogens is 1. The average Bonchev–Trinajstić information content (AvgIpc) is 2.44. The molecule has 0 aromatic carbocycles. The number of nitrogens with one attached hydrogen (secondary N) is 1. The maximum Gasteiger partial charge on any atom is 0.251 e. The van der Waals surface area contributed by atoms with Crippen LogP contribution in [0.5, 0.6) is 0 Å². The van der Waals surface area contributed by atoms with Gasteiger partial charge in [0.1, 0.15) is 0 Å². The Morgan fingerprint density at radius 3 is 2.67 bits per heavy atom. The highest BCUT2D eigenvalue weighted by atomic mass is 16.3. The molecule has 1 heterocycles. The van der Waals surface area contributed by atoms with Gasteiger partial charge >= 0.3 is 0 Å². The molecule has 0 aliphatic rings. The predicted molar refractivity (Wildman–Crippen MR) is 66.8 cm³/mol. The highest BCUT2D eigenvalue weighted by molar-refractivity contribution is 5.94. The summed E-state index contributed by atoms with van der Waals surface area (Å²) in [6.45, 7) is 1.39. The fraction of sp³-hybridized carbons (Fsp3) is 0.500. The van der Waals surface area contributed by atoms with E-state index in [-0.39, 0.29) is 25.7 Å². The Labute approximate surface area is 106 Å². The molecule has 0 aliphatic carbocycles. The Morgan fingerprint density at radius 2 is 2.17 bits per heavy atom. The van der Waals surface area contributed by atoms with Gasteiger partial charge in [-0.15, -0.1) is 0 Å². The molecule has 1 aromatic heterocycles. The van der Waals surface area contributed by atoms with Crippen LogP contribution in [0.4, 0.5) is 0 Å². The minimum atomic E-state index is -0.997. The van der Waals surface area contributed by atoms with Crippen molar-refractivity contribution in [1.29, 1.82) is 0 Å². The summed E-state index contributed by atoms with van der Waals surface area (Å²) >= 11 is 0. The van der Waals surface area contributed by atoms with Gasteiger partial charge < -0.3 is 21.3 Å². The fourth-order valence-corrected chi connectivity index (χ4v) is 1.49. The normalized spacial score (nSPS) is 11.3. The summed E-state index contributed by atoms with van der Waals surface area (Å²) in [5.41, 5.74) is 5.47. The number of amides is 1. The van der Waals surface area contributed by atoms with Gasteiger partial charge in [0.15, 0.2) is 0 Å². The Morgan fingerprint density at radius 1 is 1.50 bits per heavy atom. The molecule has 0 atom stereocenters. The molecule has 0 saturated carbocycles. The lowest BCUT2D eigenvalue weighted by atomic mass is 9.98. The van der Waals surface area contributed by atoms with Gasteiger partial charge in [-0.25, -0.2) is 0 Å². The summed E-state index contributed by atoms with van der Waals surface area (Å²) in [4.78, 5) is 16.0. The third-order valence-electron chi connectivity index (χ3n) is 2.95. The molecule has 0 aliphatic heterocycles. The zero-order valence-corrected chi connectivity index (χ0v) is 10.4. The molecule has 1 amide bonds. The van der Waals surface area contributed by atoms with E-state index in [1.54, 1.807) is 19.1 Å². The van der Waals surface area contributed by atoms with Gasteiger partial charge in [-0.05, 0) is 18.6 Å². The Balaban J connectivity index is 2.86. The van der Waals surface area contributed by atoms with E-state index < -0.39 is 5.54 Å². The standard InChI is InChI=1S/C12H19N3O3/c1-2-12(7-16,8-17)15-11(18)9-3-4-14-10(5-9)6-13/h3-5,16-17H,2,6-8,13H2,1H3,(H,15,18). The molecule has 18 heavy (non-hydrogen) atoms. The van der Waals surface area contributed by atoms with Gasteiger partial charge in [-0.1, -0.05) is 6.92 Å². The SMILES string of the molecule is CCC(CO)(CO)NC(=O)c1ccnc(CN)c1. The first-order valence-corrected chi connectivity index (χ1v) is 5.80.